The molecule has 25 heavy (non-hydrogen) atoms. The Kier molecular flexibility index (Phi) is 4.96. The number of rotatable bonds is 5. The van der Waals surface area contributed by atoms with Crippen molar-refractivity contribution in [2.24, 2.45) is 0 Å². The van der Waals surface area contributed by atoms with Crippen LogP contribution in [0.15, 0.2) is 36.4 Å². The minimum atomic E-state index is -0.510. The highest BCUT2D eigenvalue weighted by Gasteiger charge is 2.20. The number of nitrogens with zero attached hydrogens (tertiary/aromatic N) is 1. The highest BCUT2D eigenvalue weighted by molar-refractivity contribution is 7.22. The summed E-state index contributed by atoms with van der Waals surface area (Å²) in [5.41, 5.74) is 1.57. The number of methoxy groups -OCH3 is 2. The summed E-state index contributed by atoms with van der Waals surface area (Å²) in [6.45, 7) is -0.0565. The number of amides is 1. The first-order valence-electron chi connectivity index (χ1n) is 7.33. The number of hydrogen-bond acceptors (Lipinski definition) is 5. The summed E-state index contributed by atoms with van der Waals surface area (Å²) in [7, 11) is 2.83. The summed E-state index contributed by atoms with van der Waals surface area (Å²) >= 11 is 7.38. The number of halogens is 1. The van der Waals surface area contributed by atoms with Crippen molar-refractivity contribution in [1.29, 1.82) is 0 Å². The van der Waals surface area contributed by atoms with Crippen molar-refractivity contribution in [3.05, 3.63) is 46.4 Å². The van der Waals surface area contributed by atoms with E-state index in [1.165, 1.54) is 25.6 Å². The Hall–Kier alpha value is -2.51. The van der Waals surface area contributed by atoms with Crippen molar-refractivity contribution in [3.8, 4) is 5.75 Å². The first-order chi connectivity index (χ1) is 12.0. The van der Waals surface area contributed by atoms with Gasteiger partial charge in [0.05, 0.1) is 34.5 Å². The van der Waals surface area contributed by atoms with Gasteiger partial charge in [-0.1, -0.05) is 23.7 Å². The second kappa shape index (κ2) is 7.16. The molecule has 0 fully saturated rings. The van der Waals surface area contributed by atoms with Gasteiger partial charge in [-0.15, -0.1) is 11.3 Å². The highest BCUT2D eigenvalue weighted by atomic mass is 35.5. The van der Waals surface area contributed by atoms with E-state index in [2.05, 4.69) is 5.32 Å². The van der Waals surface area contributed by atoms with Crippen LogP contribution in [0.2, 0.25) is 4.34 Å². The lowest BCUT2D eigenvalue weighted by Gasteiger charge is -2.12. The number of esters is 1. The topological polar surface area (TPSA) is 69.6 Å². The zero-order valence-corrected chi connectivity index (χ0v) is 15.1. The summed E-state index contributed by atoms with van der Waals surface area (Å²) in [4.78, 5) is 24.5. The quantitative estimate of drug-likeness (QED) is 0.686. The maximum atomic E-state index is 12.5. The molecule has 0 aliphatic heterocycles. The number of ether oxygens (including phenoxy) is 2. The van der Waals surface area contributed by atoms with Crippen LogP contribution in [0.4, 0.5) is 5.69 Å². The fraction of sp³-hybridized carbons (Fsp3) is 0.176. The smallest absolute Gasteiger partial charge is 0.354 e. The largest absolute Gasteiger partial charge is 0.495 e. The average Bonchev–Trinajstić information content (AvgIpc) is 3.12. The number of fused-ring (bicyclic) bond motifs is 1. The summed E-state index contributed by atoms with van der Waals surface area (Å²) < 4.78 is 13.0. The fourth-order valence-electron chi connectivity index (χ4n) is 2.54. The Morgan fingerprint density at radius 2 is 2.00 bits per heavy atom. The molecule has 2 aromatic heterocycles. The first kappa shape index (κ1) is 17.3. The minimum Gasteiger partial charge on any atom is -0.495 e. The molecule has 0 bridgehead atoms. The van der Waals surface area contributed by atoms with E-state index in [0.29, 0.717) is 27.0 Å². The Morgan fingerprint density at radius 1 is 1.24 bits per heavy atom. The summed E-state index contributed by atoms with van der Waals surface area (Å²) in [5, 5.41) is 2.79. The van der Waals surface area contributed by atoms with Crippen LogP contribution in [-0.4, -0.2) is 30.7 Å². The van der Waals surface area contributed by atoms with E-state index >= 15 is 0 Å². The Labute approximate surface area is 152 Å². The van der Waals surface area contributed by atoms with Gasteiger partial charge in [0.15, 0.2) is 0 Å². The maximum absolute atomic E-state index is 12.5. The molecule has 1 amide bonds. The van der Waals surface area contributed by atoms with Gasteiger partial charge in [-0.25, -0.2) is 4.79 Å². The fourth-order valence-corrected chi connectivity index (χ4v) is 3.71. The molecule has 3 rings (SSSR count). The average molecular weight is 379 g/mol. The van der Waals surface area contributed by atoms with Gasteiger partial charge in [0.1, 0.15) is 18.0 Å². The Morgan fingerprint density at radius 3 is 2.72 bits per heavy atom. The van der Waals surface area contributed by atoms with Crippen LogP contribution in [0.1, 0.15) is 10.5 Å². The van der Waals surface area contributed by atoms with Gasteiger partial charge >= 0.3 is 5.97 Å². The molecule has 0 saturated carbocycles. The van der Waals surface area contributed by atoms with Crippen molar-refractivity contribution in [2.75, 3.05) is 19.5 Å². The number of carbonyl (C=O) groups is 2. The minimum absolute atomic E-state index is 0.0565. The second-order valence-electron chi connectivity index (χ2n) is 5.16. The molecule has 0 aliphatic rings. The molecule has 0 spiro atoms. The number of carbonyl (C=O) groups excluding carboxylic acids is 2. The van der Waals surface area contributed by atoms with Crippen LogP contribution in [0.5, 0.6) is 5.75 Å². The van der Waals surface area contributed by atoms with Crippen molar-refractivity contribution >= 4 is 50.7 Å². The number of hydrogen-bond donors (Lipinski definition) is 1. The van der Waals surface area contributed by atoms with Crippen LogP contribution in [0.3, 0.4) is 0 Å². The molecule has 0 unspecified atom stereocenters. The Balaban J connectivity index is 1.91. The molecule has 130 valence electrons. The number of thiophene rings is 1. The van der Waals surface area contributed by atoms with Crippen LogP contribution in [0.25, 0.3) is 10.2 Å². The number of para-hydroxylation sites is 2. The second-order valence-corrected chi connectivity index (χ2v) is 6.87. The van der Waals surface area contributed by atoms with E-state index in [9.17, 15) is 9.59 Å². The summed E-state index contributed by atoms with van der Waals surface area (Å²) in [5.74, 6) is -0.251. The van der Waals surface area contributed by atoms with E-state index in [1.807, 2.05) is 6.07 Å². The van der Waals surface area contributed by atoms with Gasteiger partial charge in [0.25, 0.3) is 0 Å². The molecular weight excluding hydrogens is 364 g/mol. The third kappa shape index (κ3) is 3.47. The zero-order chi connectivity index (χ0) is 18.0. The highest BCUT2D eigenvalue weighted by Crippen LogP contribution is 2.32. The molecule has 3 aromatic rings. The number of aromatic nitrogens is 1. The van der Waals surface area contributed by atoms with Crippen molar-refractivity contribution in [1.82, 2.24) is 4.57 Å². The third-order valence-electron chi connectivity index (χ3n) is 3.64. The van der Waals surface area contributed by atoms with Gasteiger partial charge in [-0.3, -0.25) is 4.79 Å². The lowest BCUT2D eigenvalue weighted by molar-refractivity contribution is -0.116. The van der Waals surface area contributed by atoms with Crippen molar-refractivity contribution in [3.63, 3.8) is 0 Å². The van der Waals surface area contributed by atoms with Crippen LogP contribution >= 0.6 is 22.9 Å². The van der Waals surface area contributed by atoms with Gasteiger partial charge in [-0.2, -0.15) is 0 Å². The van der Waals surface area contributed by atoms with Gasteiger partial charge in [-0.05, 0) is 24.3 Å². The SMILES string of the molecule is COC(=O)c1cc2sc(Cl)cc2n1CC(=O)Nc1ccccc1OC. The molecule has 8 heteroatoms. The van der Waals surface area contributed by atoms with E-state index in [0.717, 1.165) is 4.70 Å². The van der Waals surface area contributed by atoms with E-state index in [4.69, 9.17) is 21.1 Å². The molecule has 0 atom stereocenters. The van der Waals surface area contributed by atoms with Crippen molar-refractivity contribution in [2.45, 2.75) is 6.54 Å². The van der Waals surface area contributed by atoms with Gasteiger partial charge < -0.3 is 19.4 Å². The monoisotopic (exact) mass is 378 g/mol. The number of anilines is 1. The van der Waals surface area contributed by atoms with Crippen LogP contribution < -0.4 is 10.1 Å². The van der Waals surface area contributed by atoms with E-state index in [-0.39, 0.29) is 12.5 Å². The zero-order valence-electron chi connectivity index (χ0n) is 13.5. The molecule has 0 radical (unpaired) electrons. The van der Waals surface area contributed by atoms with Crippen LogP contribution in [0, 0.1) is 0 Å². The van der Waals surface area contributed by atoms with Crippen LogP contribution in [-0.2, 0) is 16.1 Å². The molecule has 1 N–H and O–H groups in total. The standard InChI is InChI=1S/C17H15ClN2O4S/c1-23-13-6-4-3-5-10(13)19-16(21)9-20-11-8-15(18)25-14(11)7-12(20)17(22)24-2/h3-8H,9H2,1-2H3,(H,19,21). The third-order valence-corrected chi connectivity index (χ3v) is 4.84. The molecule has 2 heterocycles. The summed E-state index contributed by atoms with van der Waals surface area (Å²) in [6.07, 6.45) is 0. The lowest BCUT2D eigenvalue weighted by Crippen LogP contribution is -2.21. The van der Waals surface area contributed by atoms with E-state index < -0.39 is 5.97 Å². The van der Waals surface area contributed by atoms with Gasteiger partial charge in [0.2, 0.25) is 5.91 Å². The first-order valence-corrected chi connectivity index (χ1v) is 8.52. The molecule has 1 aromatic carbocycles. The molecule has 0 aliphatic carbocycles. The normalized spacial score (nSPS) is 10.7. The predicted octanol–water partition coefficient (Wildman–Crippen LogP) is 3.79. The molecule has 6 nitrogen and oxygen atoms in total. The number of benzene rings is 1. The number of nitrogens with one attached hydrogen (secondary N) is 1. The maximum Gasteiger partial charge on any atom is 0.354 e. The summed E-state index contributed by atoms with van der Waals surface area (Å²) in [6, 6.07) is 10.5. The molecule has 0 saturated heterocycles. The van der Waals surface area contributed by atoms with Crippen molar-refractivity contribution < 1.29 is 19.1 Å². The predicted molar refractivity (Wildman–Crippen MR) is 97.8 cm³/mol. The lowest BCUT2D eigenvalue weighted by atomic mass is 10.3. The Bertz CT molecular complexity index is 947. The van der Waals surface area contributed by atoms with Gasteiger partial charge in [0, 0.05) is 0 Å². The van der Waals surface area contributed by atoms with E-state index in [1.54, 1.807) is 34.9 Å². The molecular formula is C17H15ClN2O4S.